The lowest BCUT2D eigenvalue weighted by molar-refractivity contribution is -0.384. The van der Waals surface area contributed by atoms with Crippen molar-refractivity contribution in [3.8, 4) is 0 Å². The average molecular weight is 325 g/mol. The number of nitro groups is 1. The molecule has 0 atom stereocenters. The number of non-ortho nitro benzene ring substituents is 1. The van der Waals surface area contributed by atoms with E-state index in [1.807, 2.05) is 12.1 Å². The van der Waals surface area contributed by atoms with Crippen LogP contribution in [0.2, 0.25) is 0 Å². The van der Waals surface area contributed by atoms with Gasteiger partial charge in [-0.2, -0.15) is 0 Å². The van der Waals surface area contributed by atoms with E-state index in [0.717, 1.165) is 5.56 Å². The molecule has 5 nitrogen and oxygen atoms in total. The fraction of sp³-hybridized carbons (Fsp3) is 0.263. The van der Waals surface area contributed by atoms with Crippen LogP contribution in [0.25, 0.3) is 0 Å². The summed E-state index contributed by atoms with van der Waals surface area (Å²) in [5, 5.41) is 10.6. The van der Waals surface area contributed by atoms with Gasteiger partial charge in [-0.25, -0.2) is 0 Å². The molecule has 5 heteroatoms. The topological polar surface area (TPSA) is 77.3 Å². The van der Waals surface area contributed by atoms with Gasteiger partial charge in [0.2, 0.25) is 0 Å². The zero-order valence-corrected chi connectivity index (χ0v) is 13.9. The normalized spacial score (nSPS) is 11.1. The van der Waals surface area contributed by atoms with Gasteiger partial charge in [0, 0.05) is 23.3 Å². The number of carbonyl (C=O) groups excluding carboxylic acids is 2. The van der Waals surface area contributed by atoms with Gasteiger partial charge in [0.15, 0.2) is 11.6 Å². The number of benzene rings is 2. The van der Waals surface area contributed by atoms with Gasteiger partial charge in [0.1, 0.15) is 0 Å². The second-order valence-electron chi connectivity index (χ2n) is 6.65. The highest BCUT2D eigenvalue weighted by Gasteiger charge is 2.17. The number of nitrogens with zero attached hydrogens (tertiary/aromatic N) is 1. The zero-order chi connectivity index (χ0) is 17.9. The summed E-state index contributed by atoms with van der Waals surface area (Å²) in [6.45, 7) is 6.26. The van der Waals surface area contributed by atoms with Crippen LogP contribution in [0.4, 0.5) is 5.69 Å². The molecule has 0 aliphatic heterocycles. The smallest absolute Gasteiger partial charge is 0.269 e. The van der Waals surface area contributed by atoms with Crippen LogP contribution in [0.3, 0.4) is 0 Å². The molecule has 124 valence electrons. The van der Waals surface area contributed by atoms with E-state index in [9.17, 15) is 19.7 Å². The average Bonchev–Trinajstić information content (AvgIpc) is 2.54. The Morgan fingerprint density at radius 2 is 1.29 bits per heavy atom. The molecule has 0 saturated carbocycles. The van der Waals surface area contributed by atoms with E-state index in [-0.39, 0.29) is 29.1 Å². The van der Waals surface area contributed by atoms with Gasteiger partial charge in [-0.15, -0.1) is 0 Å². The molecule has 0 aliphatic carbocycles. The van der Waals surface area contributed by atoms with Crippen molar-refractivity contribution in [2.45, 2.75) is 32.6 Å². The van der Waals surface area contributed by atoms with E-state index in [1.54, 1.807) is 12.1 Å². The lowest BCUT2D eigenvalue weighted by Gasteiger charge is -2.18. The second kappa shape index (κ2) is 6.74. The minimum atomic E-state index is -0.532. The highest BCUT2D eigenvalue weighted by atomic mass is 16.6. The first kappa shape index (κ1) is 17.5. The lowest BCUT2D eigenvalue weighted by Crippen LogP contribution is -2.12. The minimum absolute atomic E-state index is 0.00382. The number of hydrogen-bond donors (Lipinski definition) is 0. The van der Waals surface area contributed by atoms with Crippen molar-refractivity contribution in [2.24, 2.45) is 0 Å². The fourth-order valence-corrected chi connectivity index (χ4v) is 2.28. The summed E-state index contributed by atoms with van der Waals surface area (Å²) in [4.78, 5) is 34.5. The molecule has 2 aromatic carbocycles. The Hall–Kier alpha value is -2.82. The SMILES string of the molecule is CC(C)(C)c1ccc(C(=O)CC(=O)c2ccc([N+](=O)[O-])cc2)cc1. The first-order valence-electron chi connectivity index (χ1n) is 7.60. The van der Waals surface area contributed by atoms with E-state index in [1.165, 1.54) is 24.3 Å². The van der Waals surface area contributed by atoms with Crippen LogP contribution < -0.4 is 0 Å². The third kappa shape index (κ3) is 4.13. The summed E-state index contributed by atoms with van der Waals surface area (Å²) in [6.07, 6.45) is -0.257. The molecule has 0 fully saturated rings. The molecule has 0 aliphatic rings. The van der Waals surface area contributed by atoms with Crippen LogP contribution in [-0.4, -0.2) is 16.5 Å². The molecular formula is C19H19NO4. The maximum atomic E-state index is 12.2. The molecule has 2 aromatic rings. The standard InChI is InChI=1S/C19H19NO4/c1-19(2,3)15-8-4-13(5-9-15)17(21)12-18(22)14-6-10-16(11-7-14)20(23)24/h4-11H,12H2,1-3H3. The Balaban J connectivity index is 2.08. The number of ketones is 2. The van der Waals surface area contributed by atoms with Crippen LogP contribution in [0, 0.1) is 10.1 Å². The van der Waals surface area contributed by atoms with Crippen LogP contribution in [0.5, 0.6) is 0 Å². The third-order valence-electron chi connectivity index (χ3n) is 3.79. The third-order valence-corrected chi connectivity index (χ3v) is 3.79. The molecule has 0 aromatic heterocycles. The van der Waals surface area contributed by atoms with E-state index >= 15 is 0 Å². The Kier molecular flexibility index (Phi) is 4.93. The van der Waals surface area contributed by atoms with Crippen molar-refractivity contribution in [3.05, 3.63) is 75.3 Å². The number of Topliss-reactive ketones (excluding diaryl/α,β-unsaturated/α-hetero) is 2. The van der Waals surface area contributed by atoms with Crippen molar-refractivity contribution >= 4 is 17.3 Å². The maximum absolute atomic E-state index is 12.2. The number of carbonyl (C=O) groups is 2. The van der Waals surface area contributed by atoms with Gasteiger partial charge in [0.25, 0.3) is 5.69 Å². The van der Waals surface area contributed by atoms with Crippen molar-refractivity contribution in [1.29, 1.82) is 0 Å². The summed E-state index contributed by atoms with van der Waals surface area (Å²) in [6, 6.07) is 12.5. The largest absolute Gasteiger partial charge is 0.294 e. The Labute approximate surface area is 140 Å². The van der Waals surface area contributed by atoms with Crippen LogP contribution >= 0.6 is 0 Å². The number of hydrogen-bond acceptors (Lipinski definition) is 4. The lowest BCUT2D eigenvalue weighted by atomic mass is 9.86. The van der Waals surface area contributed by atoms with Gasteiger partial charge in [0.05, 0.1) is 11.3 Å². The molecule has 0 heterocycles. The predicted octanol–water partition coefficient (Wildman–Crippen LogP) is 4.35. The van der Waals surface area contributed by atoms with Gasteiger partial charge in [-0.3, -0.25) is 19.7 Å². The highest BCUT2D eigenvalue weighted by molar-refractivity contribution is 6.13. The first-order valence-corrected chi connectivity index (χ1v) is 7.60. The van der Waals surface area contributed by atoms with Crippen LogP contribution in [0.1, 0.15) is 53.5 Å². The molecule has 2 rings (SSSR count). The molecule has 0 N–H and O–H groups in total. The zero-order valence-electron chi connectivity index (χ0n) is 13.9. The second-order valence-corrected chi connectivity index (χ2v) is 6.65. The fourth-order valence-electron chi connectivity index (χ4n) is 2.28. The van der Waals surface area contributed by atoms with E-state index in [4.69, 9.17) is 0 Å². The Morgan fingerprint density at radius 3 is 1.67 bits per heavy atom. The monoisotopic (exact) mass is 325 g/mol. The van der Waals surface area contributed by atoms with E-state index < -0.39 is 4.92 Å². The first-order chi connectivity index (χ1) is 11.2. The maximum Gasteiger partial charge on any atom is 0.269 e. The summed E-state index contributed by atoms with van der Waals surface area (Å²) >= 11 is 0. The van der Waals surface area contributed by atoms with Gasteiger partial charge >= 0.3 is 0 Å². The molecule has 0 unspecified atom stereocenters. The summed E-state index contributed by atoms with van der Waals surface area (Å²) in [7, 11) is 0. The molecule has 0 radical (unpaired) electrons. The van der Waals surface area contributed by atoms with E-state index in [0.29, 0.717) is 11.1 Å². The highest BCUT2D eigenvalue weighted by Crippen LogP contribution is 2.22. The van der Waals surface area contributed by atoms with Crippen molar-refractivity contribution in [1.82, 2.24) is 0 Å². The van der Waals surface area contributed by atoms with Crippen molar-refractivity contribution in [3.63, 3.8) is 0 Å². The number of nitro benzene ring substituents is 1. The number of rotatable bonds is 5. The summed E-state index contributed by atoms with van der Waals surface area (Å²) in [5.41, 5.74) is 1.80. The van der Waals surface area contributed by atoms with E-state index in [2.05, 4.69) is 20.8 Å². The Morgan fingerprint density at radius 1 is 0.875 bits per heavy atom. The van der Waals surface area contributed by atoms with Gasteiger partial charge in [-0.1, -0.05) is 45.0 Å². The van der Waals surface area contributed by atoms with Crippen molar-refractivity contribution < 1.29 is 14.5 Å². The molecule has 0 saturated heterocycles. The summed E-state index contributed by atoms with van der Waals surface area (Å²) < 4.78 is 0. The minimum Gasteiger partial charge on any atom is -0.294 e. The van der Waals surface area contributed by atoms with Gasteiger partial charge in [-0.05, 0) is 23.1 Å². The predicted molar refractivity (Wildman–Crippen MR) is 91.5 cm³/mol. The van der Waals surface area contributed by atoms with Crippen LogP contribution in [-0.2, 0) is 5.41 Å². The molecule has 0 spiro atoms. The molecule has 24 heavy (non-hydrogen) atoms. The van der Waals surface area contributed by atoms with Crippen LogP contribution in [0.15, 0.2) is 48.5 Å². The van der Waals surface area contributed by atoms with Crippen molar-refractivity contribution in [2.75, 3.05) is 0 Å². The summed E-state index contributed by atoms with van der Waals surface area (Å²) in [5.74, 6) is -0.617. The molecule has 0 amide bonds. The molecular weight excluding hydrogens is 306 g/mol. The quantitative estimate of drug-likeness (QED) is 0.354. The van der Waals surface area contributed by atoms with Gasteiger partial charge < -0.3 is 0 Å². The molecule has 0 bridgehead atoms. The Bertz CT molecular complexity index is 769.